The summed E-state index contributed by atoms with van der Waals surface area (Å²) < 4.78 is 55.5. The Morgan fingerprint density at radius 2 is 1.33 bits per heavy atom. The van der Waals surface area contributed by atoms with E-state index in [0.29, 0.717) is 0 Å². The molecular formula is C8H5BrF4O2. The van der Waals surface area contributed by atoms with E-state index in [4.69, 9.17) is 0 Å². The van der Waals surface area contributed by atoms with Gasteiger partial charge in [0.1, 0.15) is 16.0 Å². The first kappa shape index (κ1) is 12.1. The highest BCUT2D eigenvalue weighted by Crippen LogP contribution is 2.35. The maximum atomic E-state index is 11.9. The summed E-state index contributed by atoms with van der Waals surface area (Å²) in [6, 6.07) is 3.67. The Hall–Kier alpha value is -0.980. The van der Waals surface area contributed by atoms with Gasteiger partial charge in [-0.1, -0.05) is 6.07 Å². The SMILES string of the molecule is FC(F)Oc1cccc(OC(F)F)c1Br. The van der Waals surface area contributed by atoms with Crippen molar-refractivity contribution >= 4 is 15.9 Å². The molecule has 15 heavy (non-hydrogen) atoms. The van der Waals surface area contributed by atoms with E-state index in [2.05, 4.69) is 25.4 Å². The van der Waals surface area contributed by atoms with Crippen molar-refractivity contribution < 1.29 is 27.0 Å². The average molecular weight is 289 g/mol. The summed E-state index contributed by atoms with van der Waals surface area (Å²) in [7, 11) is 0. The molecule has 84 valence electrons. The van der Waals surface area contributed by atoms with Gasteiger partial charge in [-0.05, 0) is 28.1 Å². The minimum absolute atomic E-state index is 0.0781. The fourth-order valence-corrected chi connectivity index (χ4v) is 1.32. The second kappa shape index (κ2) is 5.20. The summed E-state index contributed by atoms with van der Waals surface area (Å²) in [6.45, 7) is -6.05. The molecule has 0 amide bonds. The van der Waals surface area contributed by atoms with Crippen LogP contribution in [0.5, 0.6) is 11.5 Å². The molecule has 0 aliphatic heterocycles. The highest BCUT2D eigenvalue weighted by atomic mass is 79.9. The Morgan fingerprint density at radius 1 is 0.933 bits per heavy atom. The molecule has 0 heterocycles. The van der Waals surface area contributed by atoms with Gasteiger partial charge in [0.05, 0.1) is 0 Å². The van der Waals surface area contributed by atoms with E-state index in [1.807, 2.05) is 0 Å². The van der Waals surface area contributed by atoms with Crippen LogP contribution in [0.3, 0.4) is 0 Å². The third-order valence-electron chi connectivity index (χ3n) is 1.36. The summed E-state index contributed by atoms with van der Waals surface area (Å²) in [5.41, 5.74) is 0. The van der Waals surface area contributed by atoms with Crippen LogP contribution in [0.2, 0.25) is 0 Å². The zero-order valence-corrected chi connectivity index (χ0v) is 8.68. The summed E-state index contributed by atoms with van der Waals surface area (Å²) in [5, 5.41) is 0. The van der Waals surface area contributed by atoms with E-state index in [-0.39, 0.29) is 16.0 Å². The zero-order valence-electron chi connectivity index (χ0n) is 7.09. The largest absolute Gasteiger partial charge is 0.433 e. The molecular weight excluding hydrogens is 284 g/mol. The third kappa shape index (κ3) is 3.58. The summed E-state index contributed by atoms with van der Waals surface area (Å²) in [4.78, 5) is 0. The number of rotatable bonds is 4. The fraction of sp³-hybridized carbons (Fsp3) is 0.250. The van der Waals surface area contributed by atoms with Crippen LogP contribution in [0.4, 0.5) is 17.6 Å². The van der Waals surface area contributed by atoms with E-state index < -0.39 is 13.2 Å². The number of benzene rings is 1. The van der Waals surface area contributed by atoms with Gasteiger partial charge in [0, 0.05) is 0 Å². The lowest BCUT2D eigenvalue weighted by Crippen LogP contribution is -2.05. The van der Waals surface area contributed by atoms with Crippen molar-refractivity contribution in [2.75, 3.05) is 0 Å². The van der Waals surface area contributed by atoms with Crippen molar-refractivity contribution in [2.24, 2.45) is 0 Å². The summed E-state index contributed by atoms with van der Waals surface area (Å²) in [5.74, 6) is -0.522. The quantitative estimate of drug-likeness (QED) is 0.788. The highest BCUT2D eigenvalue weighted by Gasteiger charge is 2.14. The first-order chi connectivity index (χ1) is 7.00. The number of halogens is 5. The molecule has 0 aliphatic carbocycles. The van der Waals surface area contributed by atoms with Gasteiger partial charge < -0.3 is 9.47 Å². The van der Waals surface area contributed by atoms with Gasteiger partial charge in [0.2, 0.25) is 0 Å². The average Bonchev–Trinajstić information content (AvgIpc) is 2.10. The summed E-state index contributed by atoms with van der Waals surface area (Å²) >= 11 is 2.82. The normalized spacial score (nSPS) is 10.9. The molecule has 1 aromatic rings. The highest BCUT2D eigenvalue weighted by molar-refractivity contribution is 9.10. The molecule has 1 aromatic carbocycles. The van der Waals surface area contributed by atoms with E-state index in [1.54, 1.807) is 0 Å². The van der Waals surface area contributed by atoms with Crippen LogP contribution in [0.1, 0.15) is 0 Å². The lowest BCUT2D eigenvalue weighted by molar-refractivity contribution is -0.0552. The van der Waals surface area contributed by atoms with Gasteiger partial charge in [-0.2, -0.15) is 17.6 Å². The molecule has 0 saturated heterocycles. The van der Waals surface area contributed by atoms with Crippen LogP contribution in [-0.2, 0) is 0 Å². The topological polar surface area (TPSA) is 18.5 Å². The smallest absolute Gasteiger partial charge is 0.387 e. The predicted molar refractivity (Wildman–Crippen MR) is 47.4 cm³/mol. The molecule has 0 aromatic heterocycles. The summed E-state index contributed by atoms with van der Waals surface area (Å²) in [6.07, 6.45) is 0. The van der Waals surface area contributed by atoms with Gasteiger partial charge in [0.15, 0.2) is 0 Å². The minimum Gasteiger partial charge on any atom is -0.433 e. The van der Waals surface area contributed by atoms with E-state index in [1.165, 1.54) is 18.2 Å². The monoisotopic (exact) mass is 288 g/mol. The Balaban J connectivity index is 2.90. The van der Waals surface area contributed by atoms with E-state index in [0.717, 1.165) is 0 Å². The van der Waals surface area contributed by atoms with Crippen molar-refractivity contribution in [3.8, 4) is 11.5 Å². The lowest BCUT2D eigenvalue weighted by Gasteiger charge is -2.10. The van der Waals surface area contributed by atoms with Gasteiger partial charge in [-0.15, -0.1) is 0 Å². The second-order valence-corrected chi connectivity index (χ2v) is 3.12. The number of ether oxygens (including phenoxy) is 2. The Labute approximate surface area is 90.9 Å². The molecule has 0 unspecified atom stereocenters. The molecule has 0 spiro atoms. The molecule has 0 aliphatic rings. The standard InChI is InChI=1S/C8H5BrF4O2/c9-6-4(14-7(10)11)2-1-3-5(6)15-8(12)13/h1-3,7-8H. The Morgan fingerprint density at radius 3 is 1.67 bits per heavy atom. The number of alkyl halides is 4. The molecule has 0 bridgehead atoms. The molecule has 0 N–H and O–H groups in total. The first-order valence-electron chi connectivity index (χ1n) is 3.69. The van der Waals surface area contributed by atoms with Crippen molar-refractivity contribution in [3.05, 3.63) is 22.7 Å². The molecule has 7 heteroatoms. The Bertz CT molecular complexity index is 304. The second-order valence-electron chi connectivity index (χ2n) is 2.33. The van der Waals surface area contributed by atoms with Crippen molar-refractivity contribution in [2.45, 2.75) is 13.2 Å². The van der Waals surface area contributed by atoms with Crippen molar-refractivity contribution in [1.29, 1.82) is 0 Å². The van der Waals surface area contributed by atoms with Gasteiger partial charge in [-0.25, -0.2) is 0 Å². The minimum atomic E-state index is -3.02. The van der Waals surface area contributed by atoms with Crippen molar-refractivity contribution in [1.82, 2.24) is 0 Å². The molecule has 1 rings (SSSR count). The lowest BCUT2D eigenvalue weighted by atomic mass is 10.3. The van der Waals surface area contributed by atoms with Crippen LogP contribution >= 0.6 is 15.9 Å². The van der Waals surface area contributed by atoms with Gasteiger partial charge in [0.25, 0.3) is 0 Å². The zero-order chi connectivity index (χ0) is 11.4. The first-order valence-corrected chi connectivity index (χ1v) is 4.48. The van der Waals surface area contributed by atoms with Gasteiger partial charge in [-0.3, -0.25) is 0 Å². The molecule has 2 nitrogen and oxygen atoms in total. The third-order valence-corrected chi connectivity index (χ3v) is 2.14. The van der Waals surface area contributed by atoms with Crippen LogP contribution in [0, 0.1) is 0 Å². The molecule has 0 fully saturated rings. The number of hydrogen-bond donors (Lipinski definition) is 0. The van der Waals surface area contributed by atoms with E-state index in [9.17, 15) is 17.6 Å². The Kier molecular flexibility index (Phi) is 4.19. The number of hydrogen-bond acceptors (Lipinski definition) is 2. The van der Waals surface area contributed by atoms with Crippen LogP contribution in [-0.4, -0.2) is 13.2 Å². The maximum Gasteiger partial charge on any atom is 0.387 e. The van der Waals surface area contributed by atoms with Crippen LogP contribution in [0.15, 0.2) is 22.7 Å². The molecule has 0 saturated carbocycles. The molecule has 0 atom stereocenters. The predicted octanol–water partition coefficient (Wildman–Crippen LogP) is 3.65. The van der Waals surface area contributed by atoms with Crippen LogP contribution in [0.25, 0.3) is 0 Å². The fourth-order valence-electron chi connectivity index (χ4n) is 0.865. The maximum absolute atomic E-state index is 11.9. The van der Waals surface area contributed by atoms with Gasteiger partial charge >= 0.3 is 13.2 Å². The van der Waals surface area contributed by atoms with Crippen LogP contribution < -0.4 is 9.47 Å². The molecule has 0 radical (unpaired) electrons. The van der Waals surface area contributed by atoms with Crippen molar-refractivity contribution in [3.63, 3.8) is 0 Å². The van der Waals surface area contributed by atoms with E-state index >= 15 is 0 Å².